The first-order valence-electron chi connectivity index (χ1n) is 8.76. The number of hydrogen-bond donors (Lipinski definition) is 2. The lowest BCUT2D eigenvalue weighted by Crippen LogP contribution is -2.20. The zero-order valence-corrected chi connectivity index (χ0v) is 16.6. The number of benzene rings is 1. The highest BCUT2D eigenvalue weighted by atomic mass is 16.1. The van der Waals surface area contributed by atoms with Crippen molar-refractivity contribution in [3.8, 4) is 0 Å². The van der Waals surface area contributed by atoms with E-state index < -0.39 is 0 Å². The van der Waals surface area contributed by atoms with Crippen molar-refractivity contribution in [3.63, 3.8) is 0 Å². The Morgan fingerprint density at radius 3 is 2.15 bits per heavy atom. The average Bonchev–Trinajstić information content (AvgIpc) is 2.59. The zero-order valence-electron chi connectivity index (χ0n) is 16.6. The molecule has 0 fully saturated rings. The van der Waals surface area contributed by atoms with Gasteiger partial charge >= 0.3 is 0 Å². The van der Waals surface area contributed by atoms with Gasteiger partial charge in [-0.25, -0.2) is 0 Å². The maximum Gasteiger partial charge on any atom is 0.217 e. The van der Waals surface area contributed by atoms with Crippen molar-refractivity contribution >= 4 is 17.8 Å². The van der Waals surface area contributed by atoms with E-state index in [1.54, 1.807) is 13.0 Å². The largest absolute Gasteiger partial charge is 0.388 e. The number of allylic oxidation sites excluding steroid dienone is 4. The van der Waals surface area contributed by atoms with E-state index >= 15 is 0 Å². The first kappa shape index (κ1) is 21.4. The number of likely N-dealkylation sites (N-methyl/N-ethyl adjacent to an activating group) is 1. The van der Waals surface area contributed by atoms with Crippen molar-refractivity contribution in [2.24, 2.45) is 0 Å². The van der Waals surface area contributed by atoms with E-state index in [1.165, 1.54) is 12.5 Å². The second kappa shape index (κ2) is 9.76. The summed E-state index contributed by atoms with van der Waals surface area (Å²) in [6.07, 6.45) is 6.44. The third-order valence-electron chi connectivity index (χ3n) is 3.98. The quantitative estimate of drug-likeness (QED) is 0.445. The molecule has 0 aliphatic rings. The predicted octanol–water partition coefficient (Wildman–Crippen LogP) is 3.75. The van der Waals surface area contributed by atoms with Gasteiger partial charge in [-0.1, -0.05) is 57.2 Å². The minimum atomic E-state index is -0.0737. The van der Waals surface area contributed by atoms with Crippen LogP contribution in [-0.4, -0.2) is 25.8 Å². The van der Waals surface area contributed by atoms with Crippen molar-refractivity contribution in [1.29, 1.82) is 0 Å². The zero-order chi connectivity index (χ0) is 19.7. The van der Waals surface area contributed by atoms with Crippen molar-refractivity contribution in [2.75, 3.05) is 13.6 Å². The summed E-state index contributed by atoms with van der Waals surface area (Å²) in [7, 11) is 1.84. The van der Waals surface area contributed by atoms with Crippen LogP contribution in [0.2, 0.25) is 0 Å². The summed E-state index contributed by atoms with van der Waals surface area (Å²) < 4.78 is 0. The predicted molar refractivity (Wildman–Crippen MR) is 109 cm³/mol. The molecule has 0 radical (unpaired) electrons. The smallest absolute Gasteiger partial charge is 0.217 e. The minimum absolute atomic E-state index is 0.0737. The molecule has 0 saturated heterocycles. The molecule has 0 saturated carbocycles. The number of nitrogens with one attached hydrogen (secondary N) is 2. The normalized spacial score (nSPS) is 13.4. The van der Waals surface area contributed by atoms with E-state index in [0.717, 1.165) is 23.1 Å². The van der Waals surface area contributed by atoms with Gasteiger partial charge in [-0.15, -0.1) is 0 Å². The van der Waals surface area contributed by atoms with Crippen LogP contribution in [0.3, 0.4) is 0 Å². The topological polar surface area (TPSA) is 58.2 Å². The molecule has 0 aliphatic carbocycles. The summed E-state index contributed by atoms with van der Waals surface area (Å²) >= 11 is 0. The van der Waals surface area contributed by atoms with E-state index in [9.17, 15) is 9.59 Å². The Morgan fingerprint density at radius 2 is 1.69 bits per heavy atom. The summed E-state index contributed by atoms with van der Waals surface area (Å²) in [5, 5.41) is 5.98. The molecule has 0 aromatic heterocycles. The Morgan fingerprint density at radius 1 is 1.08 bits per heavy atom. The lowest BCUT2D eigenvalue weighted by Gasteiger charge is -2.20. The lowest BCUT2D eigenvalue weighted by molar-refractivity contribution is -0.118. The van der Waals surface area contributed by atoms with Crippen LogP contribution in [0.5, 0.6) is 0 Å². The van der Waals surface area contributed by atoms with E-state index in [1.807, 2.05) is 19.2 Å². The van der Waals surface area contributed by atoms with Gasteiger partial charge in [0.15, 0.2) is 0 Å². The molecule has 0 spiro atoms. The van der Waals surface area contributed by atoms with Crippen LogP contribution in [0.15, 0.2) is 53.8 Å². The Bertz CT molecular complexity index is 718. The van der Waals surface area contributed by atoms with Gasteiger partial charge < -0.3 is 10.6 Å². The summed E-state index contributed by atoms with van der Waals surface area (Å²) in [5.74, 6) is -0.0737. The van der Waals surface area contributed by atoms with Gasteiger partial charge in [0.25, 0.3) is 0 Å². The van der Waals surface area contributed by atoms with E-state index in [2.05, 4.69) is 55.7 Å². The fourth-order valence-corrected chi connectivity index (χ4v) is 2.39. The average molecular weight is 354 g/mol. The second-order valence-electron chi connectivity index (χ2n) is 7.24. The first-order chi connectivity index (χ1) is 12.2. The van der Waals surface area contributed by atoms with E-state index in [0.29, 0.717) is 12.1 Å². The monoisotopic (exact) mass is 354 g/mol. The summed E-state index contributed by atoms with van der Waals surface area (Å²) in [5.41, 5.74) is 4.87. The maximum absolute atomic E-state index is 11.2. The summed E-state index contributed by atoms with van der Waals surface area (Å²) in [6.45, 7) is 10.2. The van der Waals surface area contributed by atoms with Gasteiger partial charge in [-0.3, -0.25) is 9.59 Å². The molecule has 0 aliphatic heterocycles. The molecule has 26 heavy (non-hydrogen) atoms. The number of carbonyl (C=O) groups is 2. The molecule has 1 rings (SSSR count). The standard InChI is InChI=1S/C22H30N2O2/c1-16(15-25)7-12-21(23-6)20(13-14-24-17(2)26)18-8-10-19(11-9-18)22(3,4)5/h7-13,15,23H,14H2,1-6H3,(H,24,26)/b16-7-,20-13+,21-12-. The molecule has 2 N–H and O–H groups in total. The second-order valence-corrected chi connectivity index (χ2v) is 7.24. The number of carbonyl (C=O) groups excluding carboxylic acids is 2. The van der Waals surface area contributed by atoms with Crippen LogP contribution >= 0.6 is 0 Å². The third-order valence-corrected chi connectivity index (χ3v) is 3.98. The highest BCUT2D eigenvalue weighted by molar-refractivity contribution is 5.81. The molecule has 0 atom stereocenters. The van der Waals surface area contributed by atoms with Gasteiger partial charge in [0.05, 0.1) is 0 Å². The number of hydrogen-bond acceptors (Lipinski definition) is 3. The highest BCUT2D eigenvalue weighted by Gasteiger charge is 2.14. The molecule has 0 unspecified atom stereocenters. The SMILES string of the molecule is CNC(=C\C=C(\C)C=O)/C(=C/CNC(C)=O)c1ccc(C(C)(C)C)cc1. The number of aldehydes is 1. The van der Waals surface area contributed by atoms with Gasteiger partial charge in [0.1, 0.15) is 6.29 Å². The highest BCUT2D eigenvalue weighted by Crippen LogP contribution is 2.26. The first-order valence-corrected chi connectivity index (χ1v) is 8.76. The Hall–Kier alpha value is -2.62. The molecular formula is C22H30N2O2. The fraction of sp³-hybridized carbons (Fsp3) is 0.364. The molecule has 1 aromatic rings. The molecule has 4 heteroatoms. The van der Waals surface area contributed by atoms with Crippen LogP contribution in [0.25, 0.3) is 5.57 Å². The van der Waals surface area contributed by atoms with Crippen molar-refractivity contribution in [2.45, 2.75) is 40.0 Å². The van der Waals surface area contributed by atoms with Crippen molar-refractivity contribution in [1.82, 2.24) is 10.6 Å². The molecule has 1 aromatic carbocycles. The van der Waals surface area contributed by atoms with Crippen LogP contribution < -0.4 is 10.6 Å². The third kappa shape index (κ3) is 6.71. The minimum Gasteiger partial charge on any atom is -0.388 e. The number of amides is 1. The van der Waals surface area contributed by atoms with Crippen LogP contribution in [0, 0.1) is 0 Å². The number of rotatable bonds is 7. The van der Waals surface area contributed by atoms with Gasteiger partial charge in [0, 0.05) is 31.8 Å². The van der Waals surface area contributed by atoms with Gasteiger partial charge in [-0.2, -0.15) is 0 Å². The van der Waals surface area contributed by atoms with Crippen LogP contribution in [0.4, 0.5) is 0 Å². The van der Waals surface area contributed by atoms with Crippen molar-refractivity contribution in [3.05, 3.63) is 64.9 Å². The van der Waals surface area contributed by atoms with Gasteiger partial charge in [0.2, 0.25) is 5.91 Å². The molecule has 0 heterocycles. The van der Waals surface area contributed by atoms with Crippen LogP contribution in [0.1, 0.15) is 45.7 Å². The Kier molecular flexibility index (Phi) is 8.04. The molecule has 140 valence electrons. The van der Waals surface area contributed by atoms with Crippen LogP contribution in [-0.2, 0) is 15.0 Å². The molecule has 0 bridgehead atoms. The molecule has 4 nitrogen and oxygen atoms in total. The lowest BCUT2D eigenvalue weighted by atomic mass is 9.86. The maximum atomic E-state index is 11.2. The van der Waals surface area contributed by atoms with E-state index in [-0.39, 0.29) is 11.3 Å². The molecule has 1 amide bonds. The Labute approximate surface area is 157 Å². The Balaban J connectivity index is 3.31. The summed E-state index contributed by atoms with van der Waals surface area (Å²) in [4.78, 5) is 22.0. The van der Waals surface area contributed by atoms with Crippen molar-refractivity contribution < 1.29 is 9.59 Å². The van der Waals surface area contributed by atoms with E-state index in [4.69, 9.17) is 0 Å². The molecular weight excluding hydrogens is 324 g/mol. The summed E-state index contributed by atoms with van der Waals surface area (Å²) in [6, 6.07) is 8.42. The van der Waals surface area contributed by atoms with Gasteiger partial charge in [-0.05, 0) is 35.1 Å². The fourth-order valence-electron chi connectivity index (χ4n) is 2.39.